The zero-order chi connectivity index (χ0) is 14.1. The third kappa shape index (κ3) is 2.36. The van der Waals surface area contributed by atoms with Gasteiger partial charge in [-0.25, -0.2) is 4.39 Å². The van der Waals surface area contributed by atoms with Crippen molar-refractivity contribution >= 4 is 26.7 Å². The minimum absolute atomic E-state index is 0.114. The van der Waals surface area contributed by atoms with Gasteiger partial charge in [0.2, 0.25) is 5.88 Å². The highest BCUT2D eigenvalue weighted by molar-refractivity contribution is 9.10. The fourth-order valence-electron chi connectivity index (χ4n) is 1.95. The van der Waals surface area contributed by atoms with Crippen LogP contribution in [0.3, 0.4) is 0 Å². The molecular formula is C15H10BrFN2O. The predicted molar refractivity (Wildman–Crippen MR) is 78.4 cm³/mol. The number of aromatic nitrogens is 2. The van der Waals surface area contributed by atoms with Gasteiger partial charge in [-0.05, 0) is 31.2 Å². The zero-order valence-corrected chi connectivity index (χ0v) is 12.2. The second-order valence-corrected chi connectivity index (χ2v) is 5.23. The summed E-state index contributed by atoms with van der Waals surface area (Å²) in [6, 6.07) is 12.1. The molecule has 0 spiro atoms. The smallest absolute Gasteiger partial charge is 0.246 e. The number of rotatable bonds is 2. The molecular weight excluding hydrogens is 323 g/mol. The van der Waals surface area contributed by atoms with Crippen LogP contribution in [0, 0.1) is 12.7 Å². The molecule has 2 aromatic carbocycles. The summed E-state index contributed by atoms with van der Waals surface area (Å²) in [5.74, 6) is -0.0365. The molecule has 0 atom stereocenters. The lowest BCUT2D eigenvalue weighted by molar-refractivity contribution is 0.426. The van der Waals surface area contributed by atoms with Crippen LogP contribution in [0.1, 0.15) is 5.69 Å². The maximum Gasteiger partial charge on any atom is 0.246 e. The molecule has 0 fully saturated rings. The average molecular weight is 333 g/mol. The summed E-state index contributed by atoms with van der Waals surface area (Å²) in [7, 11) is 0. The van der Waals surface area contributed by atoms with Gasteiger partial charge in [0.25, 0.3) is 0 Å². The molecule has 20 heavy (non-hydrogen) atoms. The van der Waals surface area contributed by atoms with Crippen molar-refractivity contribution in [2.45, 2.75) is 6.92 Å². The summed E-state index contributed by atoms with van der Waals surface area (Å²) in [6.45, 7) is 1.87. The monoisotopic (exact) mass is 332 g/mol. The molecule has 5 heteroatoms. The number of aryl methyl sites for hydroxylation is 1. The molecule has 3 nitrogen and oxygen atoms in total. The second kappa shape index (κ2) is 5.17. The molecule has 0 aliphatic heterocycles. The van der Waals surface area contributed by atoms with E-state index in [0.717, 1.165) is 20.9 Å². The zero-order valence-electron chi connectivity index (χ0n) is 10.6. The van der Waals surface area contributed by atoms with Crippen LogP contribution in [0.2, 0.25) is 0 Å². The first-order chi connectivity index (χ1) is 9.65. The van der Waals surface area contributed by atoms with E-state index in [9.17, 15) is 4.39 Å². The predicted octanol–water partition coefficient (Wildman–Crippen LogP) is 4.63. The van der Waals surface area contributed by atoms with E-state index in [1.165, 1.54) is 6.07 Å². The first-order valence-electron chi connectivity index (χ1n) is 6.00. The molecule has 0 aliphatic carbocycles. The van der Waals surface area contributed by atoms with Crippen LogP contribution in [0.25, 0.3) is 10.8 Å². The normalized spacial score (nSPS) is 10.8. The Labute approximate surface area is 123 Å². The van der Waals surface area contributed by atoms with Crippen molar-refractivity contribution in [3.05, 3.63) is 58.4 Å². The molecule has 1 heterocycles. The van der Waals surface area contributed by atoms with Crippen LogP contribution in [0.15, 0.2) is 46.9 Å². The lowest BCUT2D eigenvalue weighted by atomic mass is 10.1. The molecule has 0 saturated carbocycles. The summed E-state index contributed by atoms with van der Waals surface area (Å²) in [4.78, 5) is 0. The summed E-state index contributed by atoms with van der Waals surface area (Å²) in [5, 5.41) is 9.81. The van der Waals surface area contributed by atoms with Crippen molar-refractivity contribution in [3.8, 4) is 11.6 Å². The van der Waals surface area contributed by atoms with Gasteiger partial charge in [0.15, 0.2) is 11.6 Å². The maximum absolute atomic E-state index is 13.7. The second-order valence-electron chi connectivity index (χ2n) is 4.31. The van der Waals surface area contributed by atoms with Gasteiger partial charge in [0.1, 0.15) is 0 Å². The number of nitrogens with zero attached hydrogens (tertiary/aromatic N) is 2. The van der Waals surface area contributed by atoms with Gasteiger partial charge in [-0.2, -0.15) is 5.10 Å². The average Bonchev–Trinajstić information content (AvgIpc) is 2.46. The van der Waals surface area contributed by atoms with Crippen LogP contribution in [-0.2, 0) is 0 Å². The summed E-state index contributed by atoms with van der Waals surface area (Å²) in [6.07, 6.45) is 0. The van der Waals surface area contributed by atoms with Crippen molar-refractivity contribution in [2.24, 2.45) is 0 Å². The third-order valence-corrected chi connectivity index (χ3v) is 3.43. The Morgan fingerprint density at radius 2 is 1.80 bits per heavy atom. The minimum atomic E-state index is -0.445. The van der Waals surface area contributed by atoms with E-state index in [1.807, 2.05) is 31.2 Å². The lowest BCUT2D eigenvalue weighted by Crippen LogP contribution is -1.96. The molecule has 0 unspecified atom stereocenters. The molecule has 0 bridgehead atoms. The molecule has 0 radical (unpaired) electrons. The number of hydrogen-bond donors (Lipinski definition) is 0. The van der Waals surface area contributed by atoms with E-state index < -0.39 is 5.82 Å². The first kappa shape index (κ1) is 13.0. The van der Waals surface area contributed by atoms with Crippen molar-refractivity contribution in [1.82, 2.24) is 10.2 Å². The summed E-state index contributed by atoms with van der Waals surface area (Å²) >= 11 is 3.29. The van der Waals surface area contributed by atoms with Gasteiger partial charge < -0.3 is 4.74 Å². The van der Waals surface area contributed by atoms with Crippen molar-refractivity contribution in [3.63, 3.8) is 0 Å². The maximum atomic E-state index is 13.7. The first-order valence-corrected chi connectivity index (χ1v) is 6.79. The van der Waals surface area contributed by atoms with Gasteiger partial charge in [0.05, 0.1) is 5.69 Å². The summed E-state index contributed by atoms with van der Waals surface area (Å²) < 4.78 is 20.1. The van der Waals surface area contributed by atoms with Gasteiger partial charge in [-0.1, -0.05) is 34.1 Å². The Morgan fingerprint density at radius 1 is 1.05 bits per heavy atom. The fraction of sp³-hybridized carbons (Fsp3) is 0.0667. The van der Waals surface area contributed by atoms with E-state index in [0.29, 0.717) is 5.88 Å². The molecule has 0 saturated heterocycles. The number of fused-ring (bicyclic) bond motifs is 1. The number of halogens is 2. The van der Waals surface area contributed by atoms with Crippen LogP contribution >= 0.6 is 15.9 Å². The Hall–Kier alpha value is -2.01. The molecule has 0 aliphatic rings. The van der Waals surface area contributed by atoms with Gasteiger partial charge in [-0.15, -0.1) is 5.10 Å². The summed E-state index contributed by atoms with van der Waals surface area (Å²) in [5.41, 5.74) is 0.808. The highest BCUT2D eigenvalue weighted by atomic mass is 79.9. The van der Waals surface area contributed by atoms with Gasteiger partial charge in [0, 0.05) is 15.2 Å². The Bertz CT molecular complexity index is 792. The standard InChI is InChI=1S/C15H10BrFN2O/c1-9-11-4-2-3-5-12(11)15(19-18-9)20-14-8-10(16)6-7-13(14)17/h2-8H,1H3. The van der Waals surface area contributed by atoms with Crippen LogP contribution in [-0.4, -0.2) is 10.2 Å². The third-order valence-electron chi connectivity index (χ3n) is 2.94. The molecule has 3 rings (SSSR count). The van der Waals surface area contributed by atoms with E-state index >= 15 is 0 Å². The lowest BCUT2D eigenvalue weighted by Gasteiger charge is -2.09. The fourth-order valence-corrected chi connectivity index (χ4v) is 2.29. The Balaban J connectivity index is 2.11. The number of ether oxygens (including phenoxy) is 1. The SMILES string of the molecule is Cc1nnc(Oc2cc(Br)ccc2F)c2ccccc12. The van der Waals surface area contributed by atoms with E-state index in [-0.39, 0.29) is 5.75 Å². The topological polar surface area (TPSA) is 35.0 Å². The van der Waals surface area contributed by atoms with Crippen LogP contribution < -0.4 is 4.74 Å². The molecule has 3 aromatic rings. The molecule has 1 aromatic heterocycles. The van der Waals surface area contributed by atoms with E-state index in [1.54, 1.807) is 12.1 Å². The molecule has 100 valence electrons. The van der Waals surface area contributed by atoms with Crippen LogP contribution in [0.4, 0.5) is 4.39 Å². The van der Waals surface area contributed by atoms with Crippen molar-refractivity contribution < 1.29 is 9.13 Å². The largest absolute Gasteiger partial charge is 0.434 e. The Morgan fingerprint density at radius 3 is 2.60 bits per heavy atom. The van der Waals surface area contributed by atoms with Gasteiger partial charge in [-0.3, -0.25) is 0 Å². The Kier molecular flexibility index (Phi) is 3.36. The number of hydrogen-bond acceptors (Lipinski definition) is 3. The van der Waals surface area contributed by atoms with E-state index in [2.05, 4.69) is 26.1 Å². The number of benzene rings is 2. The van der Waals surface area contributed by atoms with Crippen molar-refractivity contribution in [2.75, 3.05) is 0 Å². The highest BCUT2D eigenvalue weighted by Crippen LogP contribution is 2.31. The van der Waals surface area contributed by atoms with Crippen LogP contribution in [0.5, 0.6) is 11.6 Å². The van der Waals surface area contributed by atoms with Crippen molar-refractivity contribution in [1.29, 1.82) is 0 Å². The van der Waals surface area contributed by atoms with Gasteiger partial charge >= 0.3 is 0 Å². The minimum Gasteiger partial charge on any atom is -0.434 e. The molecule has 0 N–H and O–H groups in total. The highest BCUT2D eigenvalue weighted by Gasteiger charge is 2.11. The van der Waals surface area contributed by atoms with E-state index in [4.69, 9.17) is 4.74 Å². The quantitative estimate of drug-likeness (QED) is 0.686. The molecule has 0 amide bonds.